The Balaban J connectivity index is 0.00000529. The molecule has 0 saturated heterocycles. The first-order valence-corrected chi connectivity index (χ1v) is 9.21. The Hall–Kier alpha value is -0.0800. The molecule has 0 unspecified atom stereocenters. The molecule has 5 nitrogen and oxygen atoms in total. The standard InChI is InChI=1S/C18H37N3O2.HI/c1-5-19-17(20-10-7-11-23-13-12-22-4)21-15-18(8-6-9-18)14-16(2)3;/h16H,5-15H2,1-4H3,(H2,19,20,21);1H. The molecule has 1 fully saturated rings. The van der Waals surface area contributed by atoms with Gasteiger partial charge in [-0.3, -0.25) is 4.99 Å². The lowest BCUT2D eigenvalue weighted by Crippen LogP contribution is -2.40. The van der Waals surface area contributed by atoms with Crippen molar-refractivity contribution in [2.45, 2.75) is 52.9 Å². The van der Waals surface area contributed by atoms with Crippen molar-refractivity contribution in [1.29, 1.82) is 0 Å². The van der Waals surface area contributed by atoms with Crippen molar-refractivity contribution >= 4 is 29.9 Å². The summed E-state index contributed by atoms with van der Waals surface area (Å²) >= 11 is 0. The Morgan fingerprint density at radius 1 is 1.17 bits per heavy atom. The van der Waals surface area contributed by atoms with Gasteiger partial charge in [-0.05, 0) is 43.9 Å². The number of hydrogen-bond acceptors (Lipinski definition) is 3. The molecule has 0 aromatic heterocycles. The van der Waals surface area contributed by atoms with Crippen molar-refractivity contribution in [2.75, 3.05) is 46.6 Å². The smallest absolute Gasteiger partial charge is 0.191 e. The predicted molar refractivity (Wildman–Crippen MR) is 112 cm³/mol. The van der Waals surface area contributed by atoms with Gasteiger partial charge in [-0.1, -0.05) is 20.3 Å². The molecule has 0 heterocycles. The summed E-state index contributed by atoms with van der Waals surface area (Å²) in [7, 11) is 1.69. The maximum Gasteiger partial charge on any atom is 0.191 e. The molecule has 0 atom stereocenters. The summed E-state index contributed by atoms with van der Waals surface area (Å²) in [5, 5.41) is 6.76. The van der Waals surface area contributed by atoms with E-state index in [9.17, 15) is 0 Å². The maximum absolute atomic E-state index is 5.48. The number of hydrogen-bond donors (Lipinski definition) is 2. The first-order chi connectivity index (χ1) is 11.1. The highest BCUT2D eigenvalue weighted by atomic mass is 127. The van der Waals surface area contributed by atoms with Crippen LogP contribution in [0.15, 0.2) is 4.99 Å². The maximum atomic E-state index is 5.48. The highest BCUT2D eigenvalue weighted by molar-refractivity contribution is 14.0. The molecule has 2 N–H and O–H groups in total. The van der Waals surface area contributed by atoms with Crippen LogP contribution in [0.25, 0.3) is 0 Å². The van der Waals surface area contributed by atoms with Crippen LogP contribution < -0.4 is 10.6 Å². The van der Waals surface area contributed by atoms with Gasteiger partial charge in [-0.2, -0.15) is 0 Å². The molecule has 144 valence electrons. The van der Waals surface area contributed by atoms with Crippen LogP contribution in [-0.2, 0) is 9.47 Å². The van der Waals surface area contributed by atoms with Crippen molar-refractivity contribution in [3.8, 4) is 0 Å². The highest BCUT2D eigenvalue weighted by Crippen LogP contribution is 2.46. The van der Waals surface area contributed by atoms with E-state index in [4.69, 9.17) is 14.5 Å². The number of guanidine groups is 1. The molecule has 24 heavy (non-hydrogen) atoms. The van der Waals surface area contributed by atoms with E-state index in [1.54, 1.807) is 7.11 Å². The van der Waals surface area contributed by atoms with Crippen LogP contribution in [0.4, 0.5) is 0 Å². The van der Waals surface area contributed by atoms with Crippen LogP contribution in [0.1, 0.15) is 52.9 Å². The Morgan fingerprint density at radius 3 is 2.46 bits per heavy atom. The number of rotatable bonds is 12. The number of aliphatic imine (C=N–C) groups is 1. The van der Waals surface area contributed by atoms with Crippen LogP contribution in [0.2, 0.25) is 0 Å². The molecule has 0 amide bonds. The Morgan fingerprint density at radius 2 is 1.92 bits per heavy atom. The van der Waals surface area contributed by atoms with Crippen LogP contribution in [0, 0.1) is 11.3 Å². The molecule has 0 bridgehead atoms. The molecule has 1 rings (SSSR count). The summed E-state index contributed by atoms with van der Waals surface area (Å²) in [5.74, 6) is 1.70. The van der Waals surface area contributed by atoms with Crippen molar-refractivity contribution in [3.05, 3.63) is 0 Å². The lowest BCUT2D eigenvalue weighted by molar-refractivity contribution is 0.0698. The minimum absolute atomic E-state index is 0. The molecule has 1 aliphatic rings. The normalized spacial score (nSPS) is 16.5. The number of ether oxygens (including phenoxy) is 2. The van der Waals surface area contributed by atoms with E-state index in [1.165, 1.54) is 25.7 Å². The Labute approximate surface area is 165 Å². The Bertz CT molecular complexity index is 334. The third-order valence-electron chi connectivity index (χ3n) is 4.36. The minimum atomic E-state index is 0. The molecule has 0 aliphatic heterocycles. The van der Waals surface area contributed by atoms with Crippen molar-refractivity contribution in [2.24, 2.45) is 16.3 Å². The fourth-order valence-corrected chi connectivity index (χ4v) is 3.18. The van der Waals surface area contributed by atoms with Crippen molar-refractivity contribution in [3.63, 3.8) is 0 Å². The fourth-order valence-electron chi connectivity index (χ4n) is 3.18. The summed E-state index contributed by atoms with van der Waals surface area (Å²) in [6, 6.07) is 0. The van der Waals surface area contributed by atoms with Crippen molar-refractivity contribution in [1.82, 2.24) is 10.6 Å². The van der Waals surface area contributed by atoms with E-state index < -0.39 is 0 Å². The van der Waals surface area contributed by atoms with Gasteiger partial charge < -0.3 is 20.1 Å². The number of nitrogens with zero attached hydrogens (tertiary/aromatic N) is 1. The lowest BCUT2D eigenvalue weighted by Gasteiger charge is -2.42. The van der Waals surface area contributed by atoms with Crippen LogP contribution in [0.3, 0.4) is 0 Å². The number of methoxy groups -OCH3 is 1. The van der Waals surface area contributed by atoms with E-state index in [0.717, 1.165) is 44.5 Å². The topological polar surface area (TPSA) is 54.9 Å². The van der Waals surface area contributed by atoms with Gasteiger partial charge in [0.05, 0.1) is 13.2 Å². The monoisotopic (exact) mass is 455 g/mol. The third-order valence-corrected chi connectivity index (χ3v) is 4.36. The number of nitrogens with one attached hydrogen (secondary N) is 2. The van der Waals surface area contributed by atoms with E-state index >= 15 is 0 Å². The fraction of sp³-hybridized carbons (Fsp3) is 0.944. The zero-order valence-electron chi connectivity index (χ0n) is 16.0. The molecular weight excluding hydrogens is 417 g/mol. The van der Waals surface area contributed by atoms with Crippen LogP contribution in [0.5, 0.6) is 0 Å². The molecular formula is C18H38IN3O2. The lowest BCUT2D eigenvalue weighted by atomic mass is 9.64. The zero-order chi connectivity index (χ0) is 17.0. The predicted octanol–water partition coefficient (Wildman–Crippen LogP) is 3.43. The van der Waals surface area contributed by atoms with Gasteiger partial charge in [0.2, 0.25) is 0 Å². The minimum Gasteiger partial charge on any atom is -0.382 e. The molecule has 0 aromatic rings. The first kappa shape index (κ1) is 23.9. The zero-order valence-corrected chi connectivity index (χ0v) is 18.4. The summed E-state index contributed by atoms with van der Waals surface area (Å²) in [4.78, 5) is 4.84. The van der Waals surface area contributed by atoms with Crippen LogP contribution in [-0.4, -0.2) is 52.5 Å². The second kappa shape index (κ2) is 14.1. The van der Waals surface area contributed by atoms with E-state index in [-0.39, 0.29) is 24.0 Å². The van der Waals surface area contributed by atoms with Gasteiger partial charge in [-0.15, -0.1) is 24.0 Å². The van der Waals surface area contributed by atoms with E-state index in [0.29, 0.717) is 18.6 Å². The molecule has 0 spiro atoms. The average Bonchev–Trinajstić information content (AvgIpc) is 2.48. The molecule has 0 aromatic carbocycles. The molecule has 1 saturated carbocycles. The average molecular weight is 455 g/mol. The van der Waals surface area contributed by atoms with Crippen molar-refractivity contribution < 1.29 is 9.47 Å². The second-order valence-corrected chi connectivity index (χ2v) is 7.03. The first-order valence-electron chi connectivity index (χ1n) is 9.21. The van der Waals surface area contributed by atoms with Gasteiger partial charge >= 0.3 is 0 Å². The molecule has 1 aliphatic carbocycles. The summed E-state index contributed by atoms with van der Waals surface area (Å²) in [6.45, 7) is 11.6. The highest BCUT2D eigenvalue weighted by Gasteiger charge is 2.37. The molecule has 6 heteroatoms. The third kappa shape index (κ3) is 10.0. The van der Waals surface area contributed by atoms with Gasteiger partial charge in [0.1, 0.15) is 0 Å². The second-order valence-electron chi connectivity index (χ2n) is 7.03. The molecule has 0 radical (unpaired) electrons. The largest absolute Gasteiger partial charge is 0.382 e. The SMILES string of the molecule is CCNC(=NCC1(CC(C)C)CCC1)NCCCOCCOC.I. The van der Waals surface area contributed by atoms with E-state index in [2.05, 4.69) is 31.4 Å². The van der Waals surface area contributed by atoms with Gasteiger partial charge in [-0.25, -0.2) is 0 Å². The van der Waals surface area contributed by atoms with Crippen LogP contribution >= 0.6 is 24.0 Å². The van der Waals surface area contributed by atoms with Gasteiger partial charge in [0.25, 0.3) is 0 Å². The number of halogens is 1. The Kier molecular flexibility index (Phi) is 14.1. The van der Waals surface area contributed by atoms with Gasteiger partial charge in [0, 0.05) is 33.4 Å². The summed E-state index contributed by atoms with van der Waals surface area (Å²) < 4.78 is 10.4. The van der Waals surface area contributed by atoms with Gasteiger partial charge in [0.15, 0.2) is 5.96 Å². The van der Waals surface area contributed by atoms with E-state index in [1.807, 2.05) is 0 Å². The summed E-state index contributed by atoms with van der Waals surface area (Å²) in [6.07, 6.45) is 6.31. The summed E-state index contributed by atoms with van der Waals surface area (Å²) in [5.41, 5.74) is 0.458. The quantitative estimate of drug-likeness (QED) is 0.205.